The van der Waals surface area contributed by atoms with Crippen molar-refractivity contribution in [2.24, 2.45) is 0 Å². The van der Waals surface area contributed by atoms with Crippen molar-refractivity contribution in [2.45, 2.75) is 40.2 Å². The first kappa shape index (κ1) is 20.5. The van der Waals surface area contributed by atoms with Crippen molar-refractivity contribution in [3.63, 3.8) is 0 Å². The molecule has 0 radical (unpaired) electrons. The van der Waals surface area contributed by atoms with Gasteiger partial charge in [0.15, 0.2) is 11.4 Å². The predicted molar refractivity (Wildman–Crippen MR) is 109 cm³/mol. The van der Waals surface area contributed by atoms with Gasteiger partial charge in [0.25, 0.3) is 0 Å². The third kappa shape index (κ3) is 4.11. The monoisotopic (exact) mass is 396 g/mol. The summed E-state index contributed by atoms with van der Waals surface area (Å²) in [7, 11) is 0. The molecule has 6 nitrogen and oxygen atoms in total. The van der Waals surface area contributed by atoms with E-state index in [-0.39, 0.29) is 11.5 Å². The number of carboxylic acids is 1. The number of aliphatic carboxylic acids is 1. The molecule has 0 bridgehead atoms. The summed E-state index contributed by atoms with van der Waals surface area (Å²) in [5.41, 5.74) is 1.46. The molecule has 0 aliphatic carbocycles. The van der Waals surface area contributed by atoms with Crippen LogP contribution < -0.4 is 14.2 Å². The van der Waals surface area contributed by atoms with Crippen LogP contribution >= 0.6 is 0 Å². The summed E-state index contributed by atoms with van der Waals surface area (Å²) in [5.74, 6) is 0.635. The third-order valence-corrected chi connectivity index (χ3v) is 4.61. The Morgan fingerprint density at radius 1 is 1.17 bits per heavy atom. The standard InChI is InChI=1S/C23H24O6/c1-6-27-16-7-8-17-18(12-16)28-19(20(17)24)11-15-9-13(2)21(14(3)10-15)29-23(4,5)22(25)26/h7-12H,6H2,1-5H3,(H,25,26)/b19-11-. The van der Waals surface area contributed by atoms with Gasteiger partial charge in [-0.3, -0.25) is 4.79 Å². The summed E-state index contributed by atoms with van der Waals surface area (Å²) >= 11 is 0. The lowest BCUT2D eigenvalue weighted by Crippen LogP contribution is -2.38. The number of fused-ring (bicyclic) bond motifs is 1. The van der Waals surface area contributed by atoms with Crippen LogP contribution in [0.1, 0.15) is 47.8 Å². The first-order valence-electron chi connectivity index (χ1n) is 9.37. The topological polar surface area (TPSA) is 82.1 Å². The maximum absolute atomic E-state index is 12.6. The van der Waals surface area contributed by atoms with Crippen molar-refractivity contribution in [1.29, 1.82) is 0 Å². The lowest BCUT2D eigenvalue weighted by Gasteiger charge is -2.24. The van der Waals surface area contributed by atoms with E-state index in [4.69, 9.17) is 14.2 Å². The minimum atomic E-state index is -1.35. The zero-order chi connectivity index (χ0) is 21.3. The molecule has 0 fully saturated rings. The number of hydrogen-bond acceptors (Lipinski definition) is 5. The molecule has 0 saturated heterocycles. The van der Waals surface area contributed by atoms with Gasteiger partial charge in [-0.05, 0) is 81.7 Å². The van der Waals surface area contributed by atoms with Crippen LogP contribution in [0.25, 0.3) is 6.08 Å². The van der Waals surface area contributed by atoms with Crippen LogP contribution in [-0.2, 0) is 4.79 Å². The average molecular weight is 396 g/mol. The Labute approximate surface area is 169 Å². The molecular weight excluding hydrogens is 372 g/mol. The molecule has 2 aromatic rings. The average Bonchev–Trinajstić information content (AvgIpc) is 2.93. The molecule has 0 saturated carbocycles. The Bertz CT molecular complexity index is 993. The van der Waals surface area contributed by atoms with E-state index in [9.17, 15) is 14.7 Å². The van der Waals surface area contributed by atoms with Gasteiger partial charge in [0.1, 0.15) is 17.2 Å². The van der Waals surface area contributed by atoms with Gasteiger partial charge in [-0.15, -0.1) is 0 Å². The van der Waals surface area contributed by atoms with E-state index in [0.717, 1.165) is 16.7 Å². The van der Waals surface area contributed by atoms with E-state index in [1.54, 1.807) is 24.3 Å². The molecule has 0 spiro atoms. The summed E-state index contributed by atoms with van der Waals surface area (Å²) in [5, 5.41) is 9.30. The van der Waals surface area contributed by atoms with Gasteiger partial charge in [-0.1, -0.05) is 0 Å². The van der Waals surface area contributed by atoms with Crippen molar-refractivity contribution in [3.8, 4) is 17.2 Å². The van der Waals surface area contributed by atoms with E-state index in [1.807, 2.05) is 32.9 Å². The summed E-state index contributed by atoms with van der Waals surface area (Å²) in [6.07, 6.45) is 1.68. The molecule has 1 aliphatic rings. The zero-order valence-electron chi connectivity index (χ0n) is 17.2. The predicted octanol–water partition coefficient (Wildman–Crippen LogP) is 4.56. The van der Waals surface area contributed by atoms with Crippen LogP contribution in [0, 0.1) is 13.8 Å². The lowest BCUT2D eigenvalue weighted by atomic mass is 10.0. The van der Waals surface area contributed by atoms with Crippen molar-refractivity contribution in [1.82, 2.24) is 0 Å². The first-order valence-corrected chi connectivity index (χ1v) is 9.37. The number of carbonyl (C=O) groups excluding carboxylic acids is 1. The summed E-state index contributed by atoms with van der Waals surface area (Å²) < 4.78 is 16.9. The van der Waals surface area contributed by atoms with E-state index in [0.29, 0.717) is 29.4 Å². The maximum Gasteiger partial charge on any atom is 0.347 e. The molecule has 0 atom stereocenters. The van der Waals surface area contributed by atoms with Gasteiger partial charge in [0, 0.05) is 6.07 Å². The smallest absolute Gasteiger partial charge is 0.347 e. The molecular formula is C23H24O6. The fourth-order valence-corrected chi connectivity index (χ4v) is 3.10. The van der Waals surface area contributed by atoms with Crippen LogP contribution in [-0.4, -0.2) is 29.1 Å². The minimum absolute atomic E-state index is 0.189. The van der Waals surface area contributed by atoms with Crippen LogP contribution in [0.5, 0.6) is 17.2 Å². The maximum atomic E-state index is 12.6. The summed E-state index contributed by atoms with van der Waals surface area (Å²) in [6, 6.07) is 8.82. The normalized spacial score (nSPS) is 14.5. The van der Waals surface area contributed by atoms with E-state index in [1.165, 1.54) is 13.8 Å². The van der Waals surface area contributed by atoms with Gasteiger partial charge in [-0.25, -0.2) is 4.79 Å². The second-order valence-corrected chi connectivity index (χ2v) is 7.43. The highest BCUT2D eigenvalue weighted by molar-refractivity contribution is 6.14. The Hall–Kier alpha value is -3.28. The molecule has 0 amide bonds. The van der Waals surface area contributed by atoms with Gasteiger partial charge in [0.05, 0.1) is 12.2 Å². The van der Waals surface area contributed by atoms with Crippen molar-refractivity contribution < 1.29 is 28.9 Å². The lowest BCUT2D eigenvalue weighted by molar-refractivity contribution is -0.152. The highest BCUT2D eigenvalue weighted by Crippen LogP contribution is 2.36. The van der Waals surface area contributed by atoms with Gasteiger partial charge in [-0.2, -0.15) is 0 Å². The van der Waals surface area contributed by atoms with Crippen molar-refractivity contribution in [2.75, 3.05) is 6.61 Å². The van der Waals surface area contributed by atoms with Gasteiger partial charge < -0.3 is 19.3 Å². The number of ketones is 1. The summed E-state index contributed by atoms with van der Waals surface area (Å²) in [6.45, 7) is 9.10. The van der Waals surface area contributed by atoms with E-state index < -0.39 is 11.6 Å². The van der Waals surface area contributed by atoms with Crippen molar-refractivity contribution >= 4 is 17.8 Å². The largest absolute Gasteiger partial charge is 0.494 e. The molecule has 29 heavy (non-hydrogen) atoms. The number of Topliss-reactive ketones (excluding diaryl/α,β-unsaturated/α-hetero) is 1. The summed E-state index contributed by atoms with van der Waals surface area (Å²) in [4.78, 5) is 24.0. The van der Waals surface area contributed by atoms with E-state index >= 15 is 0 Å². The molecule has 0 aromatic heterocycles. The first-order chi connectivity index (χ1) is 13.6. The molecule has 1 heterocycles. The fraction of sp³-hybridized carbons (Fsp3) is 0.304. The van der Waals surface area contributed by atoms with Crippen LogP contribution in [0.15, 0.2) is 36.1 Å². The van der Waals surface area contributed by atoms with Crippen LogP contribution in [0.2, 0.25) is 0 Å². The number of aryl methyl sites for hydroxylation is 2. The number of benzene rings is 2. The Kier molecular flexibility index (Phi) is 5.38. The highest BCUT2D eigenvalue weighted by Gasteiger charge is 2.31. The number of ether oxygens (including phenoxy) is 3. The molecule has 6 heteroatoms. The Morgan fingerprint density at radius 3 is 2.41 bits per heavy atom. The molecule has 1 aliphatic heterocycles. The number of hydrogen-bond donors (Lipinski definition) is 1. The number of carboxylic acid groups (broad SMARTS) is 1. The van der Waals surface area contributed by atoms with Crippen molar-refractivity contribution in [3.05, 3.63) is 58.3 Å². The Balaban J connectivity index is 1.89. The number of carbonyl (C=O) groups is 2. The zero-order valence-corrected chi connectivity index (χ0v) is 17.2. The second kappa shape index (κ2) is 7.62. The molecule has 152 valence electrons. The third-order valence-electron chi connectivity index (χ3n) is 4.61. The van der Waals surface area contributed by atoms with E-state index in [2.05, 4.69) is 0 Å². The fourth-order valence-electron chi connectivity index (χ4n) is 3.10. The molecule has 1 N–H and O–H groups in total. The minimum Gasteiger partial charge on any atom is -0.494 e. The molecule has 0 unspecified atom stereocenters. The second-order valence-electron chi connectivity index (χ2n) is 7.43. The quantitative estimate of drug-likeness (QED) is 0.721. The number of rotatable bonds is 6. The van der Waals surface area contributed by atoms with Gasteiger partial charge in [0.2, 0.25) is 5.78 Å². The van der Waals surface area contributed by atoms with Gasteiger partial charge >= 0.3 is 5.97 Å². The van der Waals surface area contributed by atoms with Crippen LogP contribution in [0.4, 0.5) is 0 Å². The Morgan fingerprint density at radius 2 is 1.83 bits per heavy atom. The van der Waals surface area contributed by atoms with Crippen LogP contribution in [0.3, 0.4) is 0 Å². The molecule has 2 aromatic carbocycles. The SMILES string of the molecule is CCOc1ccc2c(c1)O/C(=C\c1cc(C)c(OC(C)(C)C(=O)O)c(C)c1)C2=O. The highest BCUT2D eigenvalue weighted by atomic mass is 16.5. The number of allylic oxidation sites excluding steroid dienone is 1. The molecule has 3 rings (SSSR count).